The molecule has 0 saturated carbocycles. The van der Waals surface area contributed by atoms with E-state index < -0.39 is 10.8 Å². The van der Waals surface area contributed by atoms with Gasteiger partial charge < -0.3 is 49.3 Å². The number of halogens is 2. The zero-order valence-electron chi connectivity index (χ0n) is 50.3. The standard InChI is InChI=1S/C65H84F2N10O8/c1-41-29-74(35-58(78)76-39-64(4,5)60-54(76)25-46(62(80)70-60)23-44-11-15-48(66)16-12-44)50(27-68-41)31-72-19-21-82-52(33-72)37-84-56-9-8-10-57(43(56)3)85-38-53-34-73(20-22-83-53)32-51-28-69-42(2)30-75(51)36-59(79)77-40-65(6,7)61-55(77)26-47(63(81)71-61)24-45-13-17-49(67)18-14-45/h8-18,25-26,41-42,50-53,68-69H,19-24,27-40H2,1-7H3,(H,70,80)(H,71,81)/t41-,42-,50-,51-,52+,53+/m1/s1. The molecule has 4 fully saturated rings. The molecule has 4 N–H and O–H groups in total. The number of hydrogen-bond donors (Lipinski definition) is 4. The average molecular weight is 1170 g/mol. The summed E-state index contributed by atoms with van der Waals surface area (Å²) in [5, 5.41) is 7.30. The molecule has 20 heteroatoms. The third kappa shape index (κ3) is 14.1. The van der Waals surface area contributed by atoms with E-state index in [1.54, 1.807) is 24.3 Å². The van der Waals surface area contributed by atoms with Crippen LogP contribution in [0, 0.1) is 18.6 Å². The van der Waals surface area contributed by atoms with Gasteiger partial charge in [0.2, 0.25) is 11.8 Å². The van der Waals surface area contributed by atoms with Crippen molar-refractivity contribution in [3.8, 4) is 11.5 Å². The van der Waals surface area contributed by atoms with E-state index >= 15 is 0 Å². The number of aromatic nitrogens is 2. The number of H-pyrrole nitrogens is 2. The number of nitrogens with one attached hydrogen (secondary N) is 4. The first-order valence-electron chi connectivity index (χ1n) is 30.3. The van der Waals surface area contributed by atoms with Crippen LogP contribution in [-0.4, -0.2) is 196 Å². The molecule has 18 nitrogen and oxygen atoms in total. The second-order valence-corrected chi connectivity index (χ2v) is 25.9. The van der Waals surface area contributed by atoms with E-state index in [2.05, 4.69) is 54.0 Å². The van der Waals surface area contributed by atoms with Crippen molar-refractivity contribution in [1.29, 1.82) is 0 Å². The molecule has 85 heavy (non-hydrogen) atoms. The highest BCUT2D eigenvalue weighted by molar-refractivity contribution is 5.98. The number of benzene rings is 3. The minimum atomic E-state index is -0.444. The highest BCUT2D eigenvalue weighted by atomic mass is 19.1. The van der Waals surface area contributed by atoms with E-state index in [1.807, 2.05) is 74.8 Å². The Hall–Kier alpha value is -6.36. The predicted octanol–water partition coefficient (Wildman–Crippen LogP) is 4.96. The molecule has 0 aliphatic carbocycles. The molecule has 8 heterocycles. The summed E-state index contributed by atoms with van der Waals surface area (Å²) in [6.07, 6.45) is 0.322. The first kappa shape index (κ1) is 60.3. The Bertz CT molecular complexity index is 3110. The van der Waals surface area contributed by atoms with Crippen LogP contribution < -0.4 is 41.0 Å². The summed E-state index contributed by atoms with van der Waals surface area (Å²) < 4.78 is 52.9. The van der Waals surface area contributed by atoms with Crippen molar-refractivity contribution in [2.75, 3.05) is 128 Å². The number of anilines is 2. The SMILES string of the molecule is Cc1c(OC[C@@H]2CN(C[C@H]3CN[C@H](C)CN3CC(=O)N3CC(C)(C)c4[nH]c(=O)c(Cc5ccc(F)cc5)cc43)CCO2)cccc1OC[C@@H]1CN(C[C@H]2CN[C@H](C)CN2CC(=O)N2CC(C)(C)c3[nH]c(=O)c(Cc4ccc(F)cc4)cc32)CCO1. The van der Waals surface area contributed by atoms with Crippen molar-refractivity contribution in [2.45, 2.75) is 109 Å². The molecule has 0 unspecified atom stereocenters. The first-order valence-corrected chi connectivity index (χ1v) is 30.3. The number of carbonyl (C=O) groups excluding carboxylic acids is 2. The number of carbonyl (C=O) groups is 2. The van der Waals surface area contributed by atoms with E-state index in [9.17, 15) is 28.0 Å². The fourth-order valence-corrected chi connectivity index (χ4v) is 13.3. The number of ether oxygens (including phenoxy) is 4. The van der Waals surface area contributed by atoms with Gasteiger partial charge in [-0.1, -0.05) is 58.0 Å². The first-order chi connectivity index (χ1) is 40.7. The van der Waals surface area contributed by atoms with E-state index in [0.717, 1.165) is 90.2 Å². The van der Waals surface area contributed by atoms with Gasteiger partial charge in [-0.05, 0) is 80.4 Å². The lowest BCUT2D eigenvalue weighted by atomic mass is 9.91. The van der Waals surface area contributed by atoms with Crippen LogP contribution in [-0.2, 0) is 42.7 Å². The third-order valence-electron chi connectivity index (χ3n) is 18.1. The van der Waals surface area contributed by atoms with Crippen LogP contribution in [0.25, 0.3) is 0 Å². The zero-order chi connectivity index (χ0) is 59.7. The Morgan fingerprint density at radius 3 is 1.44 bits per heavy atom. The number of hydrogen-bond acceptors (Lipinski definition) is 14. The van der Waals surface area contributed by atoms with Gasteiger partial charge in [0.05, 0.1) is 37.7 Å². The number of aromatic amines is 2. The topological polar surface area (TPSA) is 180 Å². The molecule has 5 aromatic rings. The van der Waals surface area contributed by atoms with Gasteiger partial charge in [0.25, 0.3) is 11.1 Å². The third-order valence-corrected chi connectivity index (χ3v) is 18.1. The lowest BCUT2D eigenvalue weighted by Gasteiger charge is -2.43. The highest BCUT2D eigenvalue weighted by Gasteiger charge is 2.43. The lowest BCUT2D eigenvalue weighted by molar-refractivity contribution is -0.121. The molecule has 2 amide bonds. The molecule has 11 rings (SSSR count). The number of morpholine rings is 2. The van der Waals surface area contributed by atoms with Crippen molar-refractivity contribution in [2.24, 2.45) is 0 Å². The second-order valence-electron chi connectivity index (χ2n) is 25.9. The lowest BCUT2D eigenvalue weighted by Crippen LogP contribution is -2.61. The number of pyridine rings is 2. The fraction of sp³-hybridized carbons (Fsp3) is 0.538. The molecule has 3 aromatic carbocycles. The van der Waals surface area contributed by atoms with Gasteiger partial charge in [-0.3, -0.25) is 38.8 Å². The molecule has 6 aliphatic rings. The van der Waals surface area contributed by atoms with Gasteiger partial charge in [-0.2, -0.15) is 0 Å². The Morgan fingerprint density at radius 1 is 0.612 bits per heavy atom. The van der Waals surface area contributed by atoms with Crippen molar-refractivity contribution >= 4 is 23.2 Å². The minimum absolute atomic E-state index is 0.0109. The monoisotopic (exact) mass is 1170 g/mol. The zero-order valence-corrected chi connectivity index (χ0v) is 50.3. The molecule has 0 bridgehead atoms. The minimum Gasteiger partial charge on any atom is -0.490 e. The van der Waals surface area contributed by atoms with E-state index in [4.69, 9.17) is 18.9 Å². The second kappa shape index (κ2) is 25.5. The van der Waals surface area contributed by atoms with E-state index in [1.165, 1.54) is 24.3 Å². The van der Waals surface area contributed by atoms with Crippen molar-refractivity contribution in [3.63, 3.8) is 0 Å². The summed E-state index contributed by atoms with van der Waals surface area (Å²) in [6, 6.07) is 22.4. The molecule has 0 spiro atoms. The molecule has 0 radical (unpaired) electrons. The number of rotatable bonds is 18. The summed E-state index contributed by atoms with van der Waals surface area (Å²) in [6.45, 7) is 25.0. The maximum atomic E-state index is 14.4. The average Bonchev–Trinajstić information content (AvgIpc) is 1.82. The Balaban J connectivity index is 0.660. The quantitative estimate of drug-likeness (QED) is 0.0925. The summed E-state index contributed by atoms with van der Waals surface area (Å²) >= 11 is 0. The predicted molar refractivity (Wildman–Crippen MR) is 323 cm³/mol. The van der Waals surface area contributed by atoms with Crippen LogP contribution in [0.15, 0.2) is 88.5 Å². The van der Waals surface area contributed by atoms with Crippen molar-refractivity contribution in [3.05, 3.63) is 150 Å². The van der Waals surface area contributed by atoms with Crippen LogP contribution in [0.2, 0.25) is 0 Å². The largest absolute Gasteiger partial charge is 0.490 e. The molecular formula is C65H84F2N10O8. The van der Waals surface area contributed by atoms with Crippen molar-refractivity contribution < 1.29 is 37.3 Å². The van der Waals surface area contributed by atoms with Crippen LogP contribution in [0.1, 0.15) is 80.7 Å². The number of piperazine rings is 2. The van der Waals surface area contributed by atoms with Gasteiger partial charge in [0.15, 0.2) is 0 Å². The summed E-state index contributed by atoms with van der Waals surface area (Å²) in [7, 11) is 0. The van der Waals surface area contributed by atoms with E-state index in [-0.39, 0.29) is 84.0 Å². The maximum Gasteiger partial charge on any atom is 0.251 e. The molecule has 456 valence electrons. The molecule has 6 atom stereocenters. The summed E-state index contributed by atoms with van der Waals surface area (Å²) in [5.74, 6) is 0.770. The van der Waals surface area contributed by atoms with Gasteiger partial charge >= 0.3 is 0 Å². The smallest absolute Gasteiger partial charge is 0.251 e. The van der Waals surface area contributed by atoms with E-state index in [0.29, 0.717) is 89.7 Å². The summed E-state index contributed by atoms with van der Waals surface area (Å²) in [5.41, 5.74) is 5.28. The number of fused-ring (bicyclic) bond motifs is 2. The van der Waals surface area contributed by atoms with Crippen molar-refractivity contribution in [1.82, 2.24) is 40.2 Å². The maximum absolute atomic E-state index is 14.4. The van der Waals surface area contributed by atoms with Crippen LogP contribution >= 0.6 is 0 Å². The Labute approximate surface area is 497 Å². The van der Waals surface area contributed by atoms with Crippen LogP contribution in [0.3, 0.4) is 0 Å². The number of amides is 2. The Kier molecular flexibility index (Phi) is 18.1. The van der Waals surface area contributed by atoms with Gasteiger partial charge in [-0.25, -0.2) is 8.78 Å². The molecule has 2 aromatic heterocycles. The molecular weight excluding hydrogens is 1090 g/mol. The van der Waals surface area contributed by atoms with Gasteiger partial charge in [-0.15, -0.1) is 0 Å². The molecule has 6 aliphatic heterocycles. The normalized spacial score (nSPS) is 24.5. The fourth-order valence-electron chi connectivity index (χ4n) is 13.3. The van der Waals surface area contributed by atoms with Gasteiger partial charge in [0, 0.05) is 154 Å². The summed E-state index contributed by atoms with van der Waals surface area (Å²) in [4.78, 5) is 74.8. The Morgan fingerprint density at radius 2 is 1.02 bits per heavy atom. The number of nitrogens with zero attached hydrogens (tertiary/aromatic N) is 6. The van der Waals surface area contributed by atoms with Crippen LogP contribution in [0.5, 0.6) is 11.5 Å². The highest BCUT2D eigenvalue weighted by Crippen LogP contribution is 2.41. The van der Waals surface area contributed by atoms with Gasteiger partial charge in [0.1, 0.15) is 48.6 Å². The molecule has 4 saturated heterocycles. The van der Waals surface area contributed by atoms with Crippen LogP contribution in [0.4, 0.5) is 20.2 Å².